The summed E-state index contributed by atoms with van der Waals surface area (Å²) in [7, 11) is 0. The summed E-state index contributed by atoms with van der Waals surface area (Å²) in [5, 5.41) is 23.6. The highest BCUT2D eigenvalue weighted by molar-refractivity contribution is 5.69. The lowest BCUT2D eigenvalue weighted by Gasteiger charge is -1.95. The Morgan fingerprint density at radius 2 is 2.39 bits per heavy atom. The molecule has 92 valence electrons. The minimum absolute atomic E-state index is 0.150. The van der Waals surface area contributed by atoms with Crippen LogP contribution < -0.4 is 5.73 Å². The van der Waals surface area contributed by atoms with Crippen molar-refractivity contribution in [3.05, 3.63) is 27.8 Å². The maximum atomic E-state index is 10.5. The van der Waals surface area contributed by atoms with Gasteiger partial charge in [-0.2, -0.15) is 10.4 Å². The first-order valence-corrected chi connectivity index (χ1v) is 5.09. The number of nitrogen functional groups attached to an aromatic ring is 1. The Balaban J connectivity index is 2.56. The molecule has 8 heteroatoms. The molecule has 0 bridgehead atoms. The molecule has 0 aliphatic heterocycles. The third-order valence-electron chi connectivity index (χ3n) is 2.41. The van der Waals surface area contributed by atoms with E-state index in [1.54, 1.807) is 0 Å². The van der Waals surface area contributed by atoms with E-state index in [2.05, 4.69) is 5.10 Å². The normalized spacial score (nSPS) is 10.2. The molecular formula is C10H9N5O3. The monoisotopic (exact) mass is 247 g/mol. The number of aromatic nitrogens is 2. The van der Waals surface area contributed by atoms with Crippen LogP contribution in [0.15, 0.2) is 16.5 Å². The molecule has 0 atom stereocenters. The molecule has 0 aromatic carbocycles. The Hall–Kier alpha value is -2.82. The fraction of sp³-hybridized carbons (Fsp3) is 0.200. The summed E-state index contributed by atoms with van der Waals surface area (Å²) in [6.45, 7) is 2.31. The number of nitrogens with zero attached hydrogens (tertiary/aromatic N) is 4. The molecule has 2 rings (SSSR count). The lowest BCUT2D eigenvalue weighted by Crippen LogP contribution is -2.02. The van der Waals surface area contributed by atoms with Crippen molar-refractivity contribution in [2.45, 2.75) is 13.5 Å². The standard InChI is InChI=1S/C10H9N5O3/c1-2-14-10(12)6(5-11)9(13-14)7-3-4-8(18-7)15(16)17/h3-4H,2,12H2,1H3. The molecule has 0 saturated carbocycles. The van der Waals surface area contributed by atoms with E-state index in [0.29, 0.717) is 6.54 Å². The average molecular weight is 247 g/mol. The SMILES string of the molecule is CCn1nc(-c2ccc([N+](=O)[O-])o2)c(C#N)c1N. The molecule has 0 amide bonds. The number of aryl methyl sites for hydroxylation is 1. The van der Waals surface area contributed by atoms with Gasteiger partial charge in [0.2, 0.25) is 0 Å². The number of furan rings is 1. The third-order valence-corrected chi connectivity index (χ3v) is 2.41. The summed E-state index contributed by atoms with van der Waals surface area (Å²) in [4.78, 5) is 9.87. The van der Waals surface area contributed by atoms with E-state index >= 15 is 0 Å². The number of rotatable bonds is 3. The highest BCUT2D eigenvalue weighted by Gasteiger charge is 2.21. The zero-order chi connectivity index (χ0) is 13.3. The second kappa shape index (κ2) is 4.21. The molecule has 0 radical (unpaired) electrons. The van der Waals surface area contributed by atoms with E-state index in [-0.39, 0.29) is 22.8 Å². The van der Waals surface area contributed by atoms with Crippen molar-refractivity contribution in [3.63, 3.8) is 0 Å². The highest BCUT2D eigenvalue weighted by atomic mass is 16.6. The van der Waals surface area contributed by atoms with Crippen LogP contribution in [0.2, 0.25) is 0 Å². The zero-order valence-corrected chi connectivity index (χ0v) is 9.45. The predicted octanol–water partition coefficient (Wildman–Crippen LogP) is 1.53. The fourth-order valence-electron chi connectivity index (χ4n) is 1.55. The van der Waals surface area contributed by atoms with Crippen LogP contribution in [0.1, 0.15) is 12.5 Å². The van der Waals surface area contributed by atoms with Crippen LogP contribution in [0.5, 0.6) is 0 Å². The topological polar surface area (TPSA) is 124 Å². The van der Waals surface area contributed by atoms with Crippen LogP contribution in [0, 0.1) is 21.4 Å². The molecule has 0 spiro atoms. The first-order valence-electron chi connectivity index (χ1n) is 5.09. The van der Waals surface area contributed by atoms with Crippen LogP contribution in [0.3, 0.4) is 0 Å². The van der Waals surface area contributed by atoms with Crippen molar-refractivity contribution in [2.24, 2.45) is 0 Å². The second-order valence-corrected chi connectivity index (χ2v) is 3.43. The van der Waals surface area contributed by atoms with E-state index in [0.717, 1.165) is 0 Å². The molecule has 0 saturated heterocycles. The molecule has 0 aliphatic carbocycles. The Morgan fingerprint density at radius 3 is 2.89 bits per heavy atom. The summed E-state index contributed by atoms with van der Waals surface area (Å²) >= 11 is 0. The third kappa shape index (κ3) is 1.67. The molecular weight excluding hydrogens is 238 g/mol. The lowest BCUT2D eigenvalue weighted by atomic mass is 10.2. The Morgan fingerprint density at radius 1 is 1.67 bits per heavy atom. The van der Waals surface area contributed by atoms with Gasteiger partial charge < -0.3 is 10.2 Å². The summed E-state index contributed by atoms with van der Waals surface area (Å²) in [6, 6.07) is 4.51. The van der Waals surface area contributed by atoms with E-state index in [1.165, 1.54) is 16.8 Å². The lowest BCUT2D eigenvalue weighted by molar-refractivity contribution is -0.401. The molecule has 2 heterocycles. The van der Waals surface area contributed by atoms with Crippen molar-refractivity contribution in [3.8, 4) is 17.5 Å². The van der Waals surface area contributed by atoms with Crippen molar-refractivity contribution >= 4 is 11.7 Å². The largest absolute Gasteiger partial charge is 0.433 e. The van der Waals surface area contributed by atoms with Crippen LogP contribution in [0.25, 0.3) is 11.5 Å². The number of hydrogen-bond donors (Lipinski definition) is 1. The van der Waals surface area contributed by atoms with Gasteiger partial charge in [0.05, 0.1) is 6.07 Å². The quantitative estimate of drug-likeness (QED) is 0.647. The van der Waals surface area contributed by atoms with E-state index in [1.807, 2.05) is 13.0 Å². The Kier molecular flexibility index (Phi) is 2.73. The minimum Gasteiger partial charge on any atom is -0.399 e. The van der Waals surface area contributed by atoms with Crippen molar-refractivity contribution in [1.29, 1.82) is 5.26 Å². The van der Waals surface area contributed by atoms with Crippen LogP contribution in [-0.2, 0) is 6.54 Å². The van der Waals surface area contributed by atoms with Gasteiger partial charge in [-0.25, -0.2) is 4.68 Å². The number of hydrogen-bond acceptors (Lipinski definition) is 6. The minimum atomic E-state index is -0.657. The molecule has 0 unspecified atom stereocenters. The first kappa shape index (κ1) is 11.7. The zero-order valence-electron chi connectivity index (χ0n) is 9.45. The number of anilines is 1. The highest BCUT2D eigenvalue weighted by Crippen LogP contribution is 2.30. The summed E-state index contributed by atoms with van der Waals surface area (Å²) in [5.41, 5.74) is 6.10. The van der Waals surface area contributed by atoms with Gasteiger partial charge in [0.25, 0.3) is 0 Å². The average Bonchev–Trinajstić information content (AvgIpc) is 2.93. The first-order chi connectivity index (χ1) is 8.58. The van der Waals surface area contributed by atoms with Gasteiger partial charge in [0, 0.05) is 6.54 Å². The van der Waals surface area contributed by atoms with Crippen LogP contribution >= 0.6 is 0 Å². The van der Waals surface area contributed by atoms with Crippen LogP contribution in [0.4, 0.5) is 11.7 Å². The Bertz CT molecular complexity index is 649. The number of nitro groups is 1. The van der Waals surface area contributed by atoms with E-state index in [4.69, 9.17) is 15.4 Å². The predicted molar refractivity (Wildman–Crippen MR) is 61.4 cm³/mol. The molecule has 2 N–H and O–H groups in total. The molecule has 2 aromatic rings. The van der Waals surface area contributed by atoms with Gasteiger partial charge in [-0.1, -0.05) is 0 Å². The molecule has 0 fully saturated rings. The number of nitrogens with two attached hydrogens (primary N) is 1. The van der Waals surface area contributed by atoms with Gasteiger partial charge in [-0.3, -0.25) is 10.1 Å². The van der Waals surface area contributed by atoms with Crippen molar-refractivity contribution < 1.29 is 9.34 Å². The summed E-state index contributed by atoms with van der Waals surface area (Å²) in [5.74, 6) is -0.0373. The van der Waals surface area contributed by atoms with Gasteiger partial charge >= 0.3 is 5.88 Å². The molecule has 2 aromatic heterocycles. The fourth-order valence-corrected chi connectivity index (χ4v) is 1.55. The van der Waals surface area contributed by atoms with Crippen LogP contribution in [-0.4, -0.2) is 14.7 Å². The summed E-state index contributed by atoms with van der Waals surface area (Å²) < 4.78 is 6.44. The van der Waals surface area contributed by atoms with Gasteiger partial charge in [0.15, 0.2) is 5.76 Å². The van der Waals surface area contributed by atoms with Gasteiger partial charge in [-0.05, 0) is 13.0 Å². The van der Waals surface area contributed by atoms with Gasteiger partial charge in [0.1, 0.15) is 28.1 Å². The van der Waals surface area contributed by atoms with Gasteiger partial charge in [-0.15, -0.1) is 0 Å². The van der Waals surface area contributed by atoms with E-state index < -0.39 is 10.8 Å². The molecule has 0 aliphatic rings. The molecule has 18 heavy (non-hydrogen) atoms. The maximum absolute atomic E-state index is 10.5. The maximum Gasteiger partial charge on any atom is 0.433 e. The second-order valence-electron chi connectivity index (χ2n) is 3.43. The Labute approximate surface area is 101 Å². The summed E-state index contributed by atoms with van der Waals surface area (Å²) in [6.07, 6.45) is 0. The van der Waals surface area contributed by atoms with Crippen molar-refractivity contribution in [1.82, 2.24) is 9.78 Å². The molecule has 8 nitrogen and oxygen atoms in total. The van der Waals surface area contributed by atoms with E-state index in [9.17, 15) is 10.1 Å². The van der Waals surface area contributed by atoms with Crippen molar-refractivity contribution in [2.75, 3.05) is 5.73 Å². The smallest absolute Gasteiger partial charge is 0.399 e. The number of nitriles is 1.